The Morgan fingerprint density at radius 3 is 2.38 bits per heavy atom. The molecule has 1 amide bonds. The highest BCUT2D eigenvalue weighted by Crippen LogP contribution is 2.03. The molecule has 13 heavy (non-hydrogen) atoms. The van der Waals surface area contributed by atoms with Crippen molar-refractivity contribution < 1.29 is 14.3 Å². The number of amides is 1. The fraction of sp³-hybridized carbons (Fsp3) is 0.750. The first-order chi connectivity index (χ1) is 6.20. The van der Waals surface area contributed by atoms with E-state index in [9.17, 15) is 9.59 Å². The molecule has 0 radical (unpaired) electrons. The van der Waals surface area contributed by atoms with Gasteiger partial charge in [-0.2, -0.15) is 0 Å². The molecule has 0 aliphatic carbocycles. The molecule has 0 bridgehead atoms. The van der Waals surface area contributed by atoms with Crippen LogP contribution >= 0.6 is 0 Å². The average molecular weight is 188 g/mol. The van der Waals surface area contributed by atoms with Gasteiger partial charge in [-0.05, 0) is 12.8 Å². The van der Waals surface area contributed by atoms with E-state index in [1.54, 1.807) is 0 Å². The highest BCUT2D eigenvalue weighted by atomic mass is 16.5. The summed E-state index contributed by atoms with van der Waals surface area (Å²) < 4.78 is 4.46. The number of carbonyl (C=O) groups excluding carboxylic acids is 2. The third-order valence-corrected chi connectivity index (χ3v) is 1.67. The fourth-order valence-corrected chi connectivity index (χ4v) is 0.906. The van der Waals surface area contributed by atoms with Crippen LogP contribution in [0.5, 0.6) is 0 Å². The lowest BCUT2D eigenvalue weighted by Gasteiger charge is -1.99. The van der Waals surface area contributed by atoms with Crippen molar-refractivity contribution in [1.82, 2.24) is 5.43 Å². The molecule has 5 heteroatoms. The molecule has 5 nitrogen and oxygen atoms in total. The minimum atomic E-state index is -0.205. The maximum Gasteiger partial charge on any atom is 0.305 e. The normalized spacial score (nSPS) is 9.38. The van der Waals surface area contributed by atoms with Crippen molar-refractivity contribution in [1.29, 1.82) is 0 Å². The fourth-order valence-electron chi connectivity index (χ4n) is 0.906. The van der Waals surface area contributed by atoms with E-state index in [2.05, 4.69) is 4.74 Å². The van der Waals surface area contributed by atoms with Crippen molar-refractivity contribution in [3.63, 3.8) is 0 Å². The Balaban J connectivity index is 3.17. The standard InChI is InChI=1S/C8H16N2O3/c1-13-8(12)6-4-2-3-5-7(11)10-9/h2-6,9H2,1H3,(H,10,11). The zero-order chi connectivity index (χ0) is 10.1. The van der Waals surface area contributed by atoms with Gasteiger partial charge in [0.05, 0.1) is 7.11 Å². The molecule has 3 N–H and O–H groups in total. The molecule has 0 saturated carbocycles. The van der Waals surface area contributed by atoms with E-state index in [-0.39, 0.29) is 11.9 Å². The van der Waals surface area contributed by atoms with Gasteiger partial charge in [-0.3, -0.25) is 15.0 Å². The van der Waals surface area contributed by atoms with Crippen LogP contribution in [-0.4, -0.2) is 19.0 Å². The average Bonchev–Trinajstić information content (AvgIpc) is 2.16. The largest absolute Gasteiger partial charge is 0.469 e. The molecule has 76 valence electrons. The number of ether oxygens (including phenoxy) is 1. The van der Waals surface area contributed by atoms with Crippen LogP contribution in [0.3, 0.4) is 0 Å². The lowest BCUT2D eigenvalue weighted by molar-refractivity contribution is -0.140. The Morgan fingerprint density at radius 1 is 1.23 bits per heavy atom. The van der Waals surface area contributed by atoms with Crippen LogP contribution in [-0.2, 0) is 14.3 Å². The summed E-state index contributed by atoms with van der Waals surface area (Å²) >= 11 is 0. The van der Waals surface area contributed by atoms with Gasteiger partial charge in [0.25, 0.3) is 0 Å². The summed E-state index contributed by atoms with van der Waals surface area (Å²) in [4.78, 5) is 21.3. The molecule has 0 aromatic carbocycles. The van der Waals surface area contributed by atoms with Crippen LogP contribution in [0.15, 0.2) is 0 Å². The Kier molecular flexibility index (Phi) is 6.91. The second-order valence-corrected chi connectivity index (χ2v) is 2.70. The number of esters is 1. The molecule has 0 aromatic heterocycles. The molecule has 0 spiro atoms. The third-order valence-electron chi connectivity index (χ3n) is 1.67. The van der Waals surface area contributed by atoms with Crippen LogP contribution in [0.4, 0.5) is 0 Å². The predicted molar refractivity (Wildman–Crippen MR) is 47.4 cm³/mol. The topological polar surface area (TPSA) is 81.4 Å². The number of rotatable bonds is 6. The number of nitrogens with one attached hydrogen (secondary N) is 1. The first-order valence-electron chi connectivity index (χ1n) is 4.27. The lowest BCUT2D eigenvalue weighted by Crippen LogP contribution is -2.29. The number of hydrogen-bond acceptors (Lipinski definition) is 4. The van der Waals surface area contributed by atoms with Gasteiger partial charge < -0.3 is 4.74 Å². The van der Waals surface area contributed by atoms with Crippen LogP contribution < -0.4 is 11.3 Å². The summed E-state index contributed by atoms with van der Waals surface area (Å²) in [7, 11) is 1.37. The lowest BCUT2D eigenvalue weighted by atomic mass is 10.1. The molecular formula is C8H16N2O3. The number of unbranched alkanes of at least 4 members (excludes halogenated alkanes) is 2. The van der Waals surface area contributed by atoms with Crippen LogP contribution in [0.2, 0.25) is 0 Å². The minimum Gasteiger partial charge on any atom is -0.469 e. The smallest absolute Gasteiger partial charge is 0.305 e. The summed E-state index contributed by atoms with van der Waals surface area (Å²) in [5.74, 6) is 4.51. The maximum atomic E-state index is 10.6. The van der Waals surface area contributed by atoms with E-state index in [0.717, 1.165) is 19.3 Å². The highest BCUT2D eigenvalue weighted by molar-refractivity contribution is 5.75. The van der Waals surface area contributed by atoms with Gasteiger partial charge in [-0.15, -0.1) is 0 Å². The van der Waals surface area contributed by atoms with Crippen molar-refractivity contribution in [2.24, 2.45) is 5.84 Å². The first kappa shape index (κ1) is 11.9. The summed E-state index contributed by atoms with van der Waals surface area (Å²) in [6, 6.07) is 0. The first-order valence-corrected chi connectivity index (χ1v) is 4.27. The summed E-state index contributed by atoms with van der Waals surface area (Å²) in [6.45, 7) is 0. The number of hydrazine groups is 1. The zero-order valence-corrected chi connectivity index (χ0v) is 7.84. The van der Waals surface area contributed by atoms with E-state index < -0.39 is 0 Å². The van der Waals surface area contributed by atoms with Gasteiger partial charge in [-0.25, -0.2) is 5.84 Å². The van der Waals surface area contributed by atoms with Gasteiger partial charge >= 0.3 is 5.97 Å². The van der Waals surface area contributed by atoms with Crippen molar-refractivity contribution in [3.05, 3.63) is 0 Å². The minimum absolute atomic E-state index is 0.168. The molecule has 0 fully saturated rings. The molecule has 0 unspecified atom stereocenters. The van der Waals surface area contributed by atoms with Crippen molar-refractivity contribution >= 4 is 11.9 Å². The molecule has 0 saturated heterocycles. The highest BCUT2D eigenvalue weighted by Gasteiger charge is 2.01. The van der Waals surface area contributed by atoms with Crippen LogP contribution in [0.1, 0.15) is 32.1 Å². The molecule has 0 heterocycles. The van der Waals surface area contributed by atoms with Crippen molar-refractivity contribution in [2.45, 2.75) is 32.1 Å². The number of nitrogens with two attached hydrogens (primary N) is 1. The second kappa shape index (κ2) is 7.54. The van der Waals surface area contributed by atoms with E-state index in [1.165, 1.54) is 7.11 Å². The molecular weight excluding hydrogens is 172 g/mol. The maximum absolute atomic E-state index is 10.6. The van der Waals surface area contributed by atoms with Crippen LogP contribution in [0.25, 0.3) is 0 Å². The Morgan fingerprint density at radius 2 is 1.85 bits per heavy atom. The Bertz CT molecular complexity index is 153. The summed E-state index contributed by atoms with van der Waals surface area (Å²) in [6.07, 6.45) is 3.17. The zero-order valence-electron chi connectivity index (χ0n) is 7.84. The van der Waals surface area contributed by atoms with Gasteiger partial charge in [-0.1, -0.05) is 6.42 Å². The molecule has 0 aromatic rings. The van der Waals surface area contributed by atoms with Crippen molar-refractivity contribution in [3.8, 4) is 0 Å². The van der Waals surface area contributed by atoms with E-state index >= 15 is 0 Å². The molecule has 0 rings (SSSR count). The Labute approximate surface area is 77.6 Å². The van der Waals surface area contributed by atoms with Crippen molar-refractivity contribution in [2.75, 3.05) is 7.11 Å². The summed E-state index contributed by atoms with van der Waals surface area (Å²) in [5, 5.41) is 0. The predicted octanol–water partition coefficient (Wildman–Crippen LogP) is 0.0998. The number of methoxy groups -OCH3 is 1. The van der Waals surface area contributed by atoms with E-state index in [1.807, 2.05) is 5.43 Å². The molecule has 0 aliphatic rings. The second-order valence-electron chi connectivity index (χ2n) is 2.70. The van der Waals surface area contributed by atoms with Gasteiger partial charge in [0.2, 0.25) is 5.91 Å². The van der Waals surface area contributed by atoms with Gasteiger partial charge in [0.15, 0.2) is 0 Å². The monoisotopic (exact) mass is 188 g/mol. The van der Waals surface area contributed by atoms with Gasteiger partial charge in [0.1, 0.15) is 0 Å². The molecule has 0 aliphatic heterocycles. The van der Waals surface area contributed by atoms with E-state index in [0.29, 0.717) is 12.8 Å². The molecule has 0 atom stereocenters. The number of carbonyl (C=O) groups is 2. The number of hydrogen-bond donors (Lipinski definition) is 2. The third kappa shape index (κ3) is 7.27. The van der Waals surface area contributed by atoms with Crippen LogP contribution in [0, 0.1) is 0 Å². The van der Waals surface area contributed by atoms with E-state index in [4.69, 9.17) is 5.84 Å². The Hall–Kier alpha value is -1.10. The van der Waals surface area contributed by atoms with Gasteiger partial charge in [0, 0.05) is 12.8 Å². The summed E-state index contributed by atoms with van der Waals surface area (Å²) in [5.41, 5.74) is 2.05. The SMILES string of the molecule is COC(=O)CCCCCC(=O)NN. The quantitative estimate of drug-likeness (QED) is 0.204.